The minimum atomic E-state index is 0.207. The van der Waals surface area contributed by atoms with Crippen molar-refractivity contribution in [3.63, 3.8) is 0 Å². The number of allylic oxidation sites excluding steroid dienone is 1. The fourth-order valence-corrected chi connectivity index (χ4v) is 1.84. The molecule has 1 N–H and O–H groups in total. The first-order valence-corrected chi connectivity index (χ1v) is 5.31. The van der Waals surface area contributed by atoms with Gasteiger partial charge in [0.05, 0.1) is 6.67 Å². The Balaban J connectivity index is 2.84. The SMILES string of the molecule is CCCN1CNC(C)=C(C(C)C)C1=O. The monoisotopic (exact) mass is 196 g/mol. The van der Waals surface area contributed by atoms with Gasteiger partial charge in [0.2, 0.25) is 0 Å². The molecule has 0 bridgehead atoms. The first kappa shape index (κ1) is 11.1. The third kappa shape index (κ3) is 2.08. The van der Waals surface area contributed by atoms with Crippen LogP contribution in [-0.2, 0) is 4.79 Å². The second-order valence-corrected chi connectivity index (χ2v) is 4.10. The molecule has 0 aromatic carbocycles. The summed E-state index contributed by atoms with van der Waals surface area (Å²) in [6.45, 7) is 9.70. The van der Waals surface area contributed by atoms with Gasteiger partial charge in [-0.05, 0) is 19.3 Å². The van der Waals surface area contributed by atoms with Gasteiger partial charge in [-0.15, -0.1) is 0 Å². The molecule has 0 unspecified atom stereocenters. The lowest BCUT2D eigenvalue weighted by Crippen LogP contribution is -2.45. The summed E-state index contributed by atoms with van der Waals surface area (Å²) >= 11 is 0. The molecule has 3 heteroatoms. The van der Waals surface area contributed by atoms with Crippen molar-refractivity contribution >= 4 is 5.91 Å². The topological polar surface area (TPSA) is 32.3 Å². The van der Waals surface area contributed by atoms with Crippen LogP contribution in [0, 0.1) is 5.92 Å². The third-order valence-corrected chi connectivity index (χ3v) is 2.53. The highest BCUT2D eigenvalue weighted by Gasteiger charge is 2.25. The Morgan fingerprint density at radius 3 is 2.64 bits per heavy atom. The largest absolute Gasteiger partial charge is 0.371 e. The third-order valence-electron chi connectivity index (χ3n) is 2.53. The van der Waals surface area contributed by atoms with Gasteiger partial charge in [-0.1, -0.05) is 20.8 Å². The molecule has 0 fully saturated rings. The van der Waals surface area contributed by atoms with E-state index in [0.717, 1.165) is 24.2 Å². The Morgan fingerprint density at radius 1 is 1.50 bits per heavy atom. The van der Waals surface area contributed by atoms with Gasteiger partial charge in [0.15, 0.2) is 0 Å². The number of amides is 1. The number of carbonyl (C=O) groups is 1. The Labute approximate surface area is 86.2 Å². The molecule has 0 atom stereocenters. The summed E-state index contributed by atoms with van der Waals surface area (Å²) in [6.07, 6.45) is 1.01. The summed E-state index contributed by atoms with van der Waals surface area (Å²) in [5, 5.41) is 3.26. The first-order chi connectivity index (χ1) is 6.57. The van der Waals surface area contributed by atoms with Crippen LogP contribution < -0.4 is 5.32 Å². The molecule has 3 nitrogen and oxygen atoms in total. The summed E-state index contributed by atoms with van der Waals surface area (Å²) in [5.41, 5.74) is 1.97. The molecule has 1 heterocycles. The highest BCUT2D eigenvalue weighted by molar-refractivity contribution is 5.95. The van der Waals surface area contributed by atoms with Crippen molar-refractivity contribution in [1.82, 2.24) is 10.2 Å². The fourth-order valence-electron chi connectivity index (χ4n) is 1.84. The Kier molecular flexibility index (Phi) is 3.55. The van der Waals surface area contributed by atoms with Crippen LogP contribution in [0.1, 0.15) is 34.1 Å². The van der Waals surface area contributed by atoms with Crippen LogP contribution in [0.2, 0.25) is 0 Å². The number of hydrogen-bond acceptors (Lipinski definition) is 2. The van der Waals surface area contributed by atoms with Gasteiger partial charge in [0.1, 0.15) is 0 Å². The lowest BCUT2D eigenvalue weighted by molar-refractivity contribution is -0.128. The predicted molar refractivity (Wildman–Crippen MR) is 57.5 cm³/mol. The van der Waals surface area contributed by atoms with E-state index in [1.165, 1.54) is 0 Å². The van der Waals surface area contributed by atoms with E-state index in [2.05, 4.69) is 26.1 Å². The number of nitrogens with one attached hydrogen (secondary N) is 1. The van der Waals surface area contributed by atoms with Crippen molar-refractivity contribution in [2.24, 2.45) is 5.92 Å². The van der Waals surface area contributed by atoms with E-state index in [1.54, 1.807) is 0 Å². The average molecular weight is 196 g/mol. The van der Waals surface area contributed by atoms with E-state index < -0.39 is 0 Å². The van der Waals surface area contributed by atoms with Crippen LogP contribution in [0.15, 0.2) is 11.3 Å². The molecule has 1 aliphatic heterocycles. The van der Waals surface area contributed by atoms with Crippen molar-refractivity contribution in [3.8, 4) is 0 Å². The zero-order valence-electron chi connectivity index (χ0n) is 9.55. The van der Waals surface area contributed by atoms with Gasteiger partial charge in [-0.3, -0.25) is 4.79 Å². The maximum Gasteiger partial charge on any atom is 0.253 e. The summed E-state index contributed by atoms with van der Waals surface area (Å²) in [6, 6.07) is 0. The molecule has 1 rings (SSSR count). The van der Waals surface area contributed by atoms with Gasteiger partial charge in [0, 0.05) is 17.8 Å². The summed E-state index contributed by atoms with van der Waals surface area (Å²) in [5.74, 6) is 0.507. The van der Waals surface area contributed by atoms with Gasteiger partial charge in [-0.25, -0.2) is 0 Å². The maximum atomic E-state index is 12.0. The van der Waals surface area contributed by atoms with Crippen LogP contribution in [0.25, 0.3) is 0 Å². The molecule has 0 saturated heterocycles. The van der Waals surface area contributed by atoms with Gasteiger partial charge < -0.3 is 10.2 Å². The molecule has 80 valence electrons. The smallest absolute Gasteiger partial charge is 0.253 e. The molecule has 0 aliphatic carbocycles. The molecule has 0 radical (unpaired) electrons. The highest BCUT2D eigenvalue weighted by atomic mass is 16.2. The number of hydrogen-bond donors (Lipinski definition) is 1. The molecule has 14 heavy (non-hydrogen) atoms. The lowest BCUT2D eigenvalue weighted by atomic mass is 9.98. The predicted octanol–water partition coefficient (Wildman–Crippen LogP) is 1.72. The van der Waals surface area contributed by atoms with Gasteiger partial charge in [-0.2, -0.15) is 0 Å². The molecule has 1 amide bonds. The maximum absolute atomic E-state index is 12.0. The van der Waals surface area contributed by atoms with E-state index in [4.69, 9.17) is 0 Å². The second-order valence-electron chi connectivity index (χ2n) is 4.10. The molecular formula is C11H20N2O. The minimum absolute atomic E-state index is 0.207. The quantitative estimate of drug-likeness (QED) is 0.745. The number of nitrogens with zero attached hydrogens (tertiary/aromatic N) is 1. The van der Waals surface area contributed by atoms with Crippen molar-refractivity contribution in [2.45, 2.75) is 34.1 Å². The summed E-state index contributed by atoms with van der Waals surface area (Å²) in [4.78, 5) is 13.9. The van der Waals surface area contributed by atoms with Crippen molar-refractivity contribution in [1.29, 1.82) is 0 Å². The van der Waals surface area contributed by atoms with Crippen molar-refractivity contribution in [3.05, 3.63) is 11.3 Å². The highest BCUT2D eigenvalue weighted by Crippen LogP contribution is 2.19. The standard InChI is InChI=1S/C11H20N2O/c1-5-6-13-7-12-9(4)10(8(2)3)11(13)14/h8,12H,5-7H2,1-4H3. The molecule has 1 aliphatic rings. The summed E-state index contributed by atoms with van der Waals surface area (Å²) < 4.78 is 0. The molecule has 0 saturated carbocycles. The zero-order valence-corrected chi connectivity index (χ0v) is 9.55. The Morgan fingerprint density at radius 2 is 2.14 bits per heavy atom. The fraction of sp³-hybridized carbons (Fsp3) is 0.727. The average Bonchev–Trinajstić information content (AvgIpc) is 2.10. The normalized spacial score (nSPS) is 17.8. The number of rotatable bonds is 3. The zero-order chi connectivity index (χ0) is 10.7. The van der Waals surface area contributed by atoms with Gasteiger partial charge >= 0.3 is 0 Å². The van der Waals surface area contributed by atoms with Crippen LogP contribution in [0.5, 0.6) is 0 Å². The Hall–Kier alpha value is -0.990. The van der Waals surface area contributed by atoms with E-state index in [9.17, 15) is 4.79 Å². The Bertz CT molecular complexity index is 256. The minimum Gasteiger partial charge on any atom is -0.371 e. The molecular weight excluding hydrogens is 176 g/mol. The lowest BCUT2D eigenvalue weighted by Gasteiger charge is -2.31. The van der Waals surface area contributed by atoms with E-state index in [1.807, 2.05) is 11.8 Å². The second kappa shape index (κ2) is 4.49. The van der Waals surface area contributed by atoms with Gasteiger partial charge in [0.25, 0.3) is 5.91 Å². The van der Waals surface area contributed by atoms with E-state index in [-0.39, 0.29) is 5.91 Å². The van der Waals surface area contributed by atoms with Crippen LogP contribution in [0.4, 0.5) is 0 Å². The van der Waals surface area contributed by atoms with Crippen molar-refractivity contribution in [2.75, 3.05) is 13.2 Å². The molecule has 0 aromatic rings. The first-order valence-electron chi connectivity index (χ1n) is 5.31. The van der Waals surface area contributed by atoms with Crippen molar-refractivity contribution < 1.29 is 4.79 Å². The summed E-state index contributed by atoms with van der Waals surface area (Å²) in [7, 11) is 0. The molecule has 0 spiro atoms. The number of carbonyl (C=O) groups excluding carboxylic acids is 1. The molecule has 0 aromatic heterocycles. The van der Waals surface area contributed by atoms with Crippen LogP contribution in [-0.4, -0.2) is 24.0 Å². The van der Waals surface area contributed by atoms with Crippen LogP contribution >= 0.6 is 0 Å². The van der Waals surface area contributed by atoms with Crippen LogP contribution in [0.3, 0.4) is 0 Å². The van der Waals surface area contributed by atoms with E-state index in [0.29, 0.717) is 12.6 Å². The van der Waals surface area contributed by atoms with E-state index >= 15 is 0 Å².